The van der Waals surface area contributed by atoms with Crippen LogP contribution in [-0.4, -0.2) is 72.9 Å². The van der Waals surface area contributed by atoms with Gasteiger partial charge in [-0.15, -0.1) is 10.2 Å². The monoisotopic (exact) mass is 537 g/mol. The third-order valence-corrected chi connectivity index (χ3v) is 7.49. The van der Waals surface area contributed by atoms with Gasteiger partial charge in [-0.1, -0.05) is 30.0 Å². The number of halogens is 1. The van der Waals surface area contributed by atoms with Crippen molar-refractivity contribution >= 4 is 39.9 Å². The molecule has 5 rings (SSSR count). The van der Waals surface area contributed by atoms with Gasteiger partial charge in [0, 0.05) is 24.7 Å². The number of benzene rings is 1. The average molecular weight is 538 g/mol. The minimum atomic E-state index is -0.964. The van der Waals surface area contributed by atoms with Gasteiger partial charge in [-0.25, -0.2) is 9.07 Å². The Balaban J connectivity index is 1.34. The molecule has 1 saturated heterocycles. The summed E-state index contributed by atoms with van der Waals surface area (Å²) in [5.74, 6) is -0.232. The molecule has 1 aromatic carbocycles. The van der Waals surface area contributed by atoms with E-state index < -0.39 is 6.17 Å². The van der Waals surface area contributed by atoms with E-state index in [0.29, 0.717) is 28.7 Å². The van der Waals surface area contributed by atoms with E-state index in [1.165, 1.54) is 11.3 Å². The van der Waals surface area contributed by atoms with Crippen LogP contribution in [0.15, 0.2) is 37.2 Å². The third-order valence-electron chi connectivity index (χ3n) is 6.59. The number of piperidine rings is 1. The molecular weight excluding hydrogens is 505 g/mol. The van der Waals surface area contributed by atoms with Crippen molar-refractivity contribution in [1.29, 1.82) is 0 Å². The number of fused-ring (bicyclic) bond motifs is 1. The summed E-state index contributed by atoms with van der Waals surface area (Å²) in [4.78, 5) is 14.6. The van der Waals surface area contributed by atoms with Crippen LogP contribution in [0.2, 0.25) is 0 Å². The van der Waals surface area contributed by atoms with E-state index in [2.05, 4.69) is 32.5 Å². The Morgan fingerprint density at radius 2 is 2.13 bits per heavy atom. The Hall–Kier alpha value is -3.64. The van der Waals surface area contributed by atoms with Crippen LogP contribution in [0.4, 0.5) is 10.1 Å². The Morgan fingerprint density at radius 3 is 2.84 bits per heavy atom. The van der Waals surface area contributed by atoms with Crippen LogP contribution in [-0.2, 0) is 12.1 Å². The number of alkyl halides is 1. The van der Waals surface area contributed by atoms with Crippen LogP contribution in [0.25, 0.3) is 22.1 Å². The number of amides is 1. The van der Waals surface area contributed by atoms with Gasteiger partial charge in [0.25, 0.3) is 5.91 Å². The lowest BCUT2D eigenvalue weighted by molar-refractivity contribution is 0.0950. The fraction of sp³-hybridized carbons (Fsp3) is 0.423. The first kappa shape index (κ1) is 26.0. The van der Waals surface area contributed by atoms with Crippen molar-refractivity contribution in [3.63, 3.8) is 0 Å². The minimum absolute atomic E-state index is 0.209. The van der Waals surface area contributed by atoms with Gasteiger partial charge >= 0.3 is 0 Å². The zero-order valence-electron chi connectivity index (χ0n) is 22.0. The number of anilines is 1. The molecule has 4 aromatic rings. The molecule has 0 radical (unpaired) electrons. The molecule has 10 nitrogen and oxygen atoms in total. The first-order valence-corrected chi connectivity index (χ1v) is 13.3. The van der Waals surface area contributed by atoms with E-state index in [4.69, 9.17) is 5.10 Å². The molecule has 0 aliphatic carbocycles. The van der Waals surface area contributed by atoms with E-state index in [-0.39, 0.29) is 24.0 Å². The molecule has 0 unspecified atom stereocenters. The fourth-order valence-electron chi connectivity index (χ4n) is 4.47. The van der Waals surface area contributed by atoms with Crippen LogP contribution in [0.1, 0.15) is 48.3 Å². The molecule has 4 heterocycles. The highest BCUT2D eigenvalue weighted by Crippen LogP contribution is 2.31. The molecule has 200 valence electrons. The van der Waals surface area contributed by atoms with Crippen molar-refractivity contribution in [2.45, 2.75) is 51.5 Å². The SMILES string of the molecule is C=Cc1c2cccc(N[C@@H]3CCN(C)C[C@@H]3F)c2nn1-c1nnc(CNC(=O)c2cnn(C(C)(C)C)c2)s1. The van der Waals surface area contributed by atoms with Gasteiger partial charge in [-0.3, -0.25) is 9.48 Å². The number of nitrogens with one attached hydrogen (secondary N) is 2. The molecular formula is C26H32FN9OS. The van der Waals surface area contributed by atoms with Crippen molar-refractivity contribution in [3.05, 3.63) is 53.4 Å². The number of aromatic nitrogens is 6. The molecule has 1 fully saturated rings. The lowest BCUT2D eigenvalue weighted by Crippen LogP contribution is -2.46. The van der Waals surface area contributed by atoms with E-state index in [1.54, 1.807) is 27.8 Å². The number of likely N-dealkylation sites (tertiary alicyclic amines) is 1. The van der Waals surface area contributed by atoms with Gasteiger partial charge in [0.2, 0.25) is 5.13 Å². The lowest BCUT2D eigenvalue weighted by Gasteiger charge is -2.33. The summed E-state index contributed by atoms with van der Waals surface area (Å²) in [5.41, 5.74) is 2.53. The van der Waals surface area contributed by atoms with Gasteiger partial charge in [-0.2, -0.15) is 10.2 Å². The van der Waals surface area contributed by atoms with Gasteiger partial charge in [0.15, 0.2) is 0 Å². The second kappa shape index (κ2) is 10.3. The lowest BCUT2D eigenvalue weighted by atomic mass is 10.0. The number of hydrogen-bond donors (Lipinski definition) is 2. The molecule has 1 aliphatic heterocycles. The van der Waals surface area contributed by atoms with E-state index in [1.807, 2.05) is 50.9 Å². The van der Waals surface area contributed by atoms with E-state index >= 15 is 0 Å². The highest BCUT2D eigenvalue weighted by atomic mass is 32.1. The standard InChI is InChI=1S/C26H32FN9OS/c1-6-21-17-8-7-9-20(30-19-10-11-34(5)15-18(19)27)23(17)33-36(21)25-32-31-22(38-25)13-28-24(37)16-12-29-35(14-16)26(2,3)4/h6-9,12,14,18-19,30H,1,10-11,13,15H2,2-5H3,(H,28,37)/t18-,19+/m0/s1. The molecule has 0 bridgehead atoms. The van der Waals surface area contributed by atoms with Gasteiger partial charge in [0.1, 0.15) is 16.7 Å². The normalized spacial score (nSPS) is 18.6. The first-order valence-electron chi connectivity index (χ1n) is 12.5. The summed E-state index contributed by atoms with van der Waals surface area (Å²) in [6.45, 7) is 11.5. The summed E-state index contributed by atoms with van der Waals surface area (Å²) >= 11 is 1.33. The maximum atomic E-state index is 14.7. The number of carbonyl (C=O) groups is 1. The second-order valence-electron chi connectivity index (χ2n) is 10.5. The Morgan fingerprint density at radius 1 is 1.32 bits per heavy atom. The molecule has 0 spiro atoms. The molecule has 2 atom stereocenters. The van der Waals surface area contributed by atoms with Crippen LogP contribution >= 0.6 is 11.3 Å². The number of hydrogen-bond acceptors (Lipinski definition) is 8. The predicted octanol–water partition coefficient (Wildman–Crippen LogP) is 3.86. The van der Waals surface area contributed by atoms with Crippen molar-refractivity contribution in [3.8, 4) is 5.13 Å². The smallest absolute Gasteiger partial charge is 0.254 e. The van der Waals surface area contributed by atoms with E-state index in [0.717, 1.165) is 28.8 Å². The van der Waals surface area contributed by atoms with Gasteiger partial charge < -0.3 is 15.5 Å². The summed E-state index contributed by atoms with van der Waals surface area (Å²) < 4.78 is 18.1. The van der Waals surface area contributed by atoms with Crippen LogP contribution in [0.5, 0.6) is 0 Å². The Bertz CT molecular complexity index is 1470. The Kier molecular flexibility index (Phi) is 7.01. The minimum Gasteiger partial charge on any atom is -0.377 e. The van der Waals surface area contributed by atoms with E-state index in [9.17, 15) is 9.18 Å². The predicted molar refractivity (Wildman–Crippen MR) is 147 cm³/mol. The average Bonchev–Trinajstić information content (AvgIpc) is 3.62. The highest BCUT2D eigenvalue weighted by Gasteiger charge is 2.28. The number of nitrogens with zero attached hydrogens (tertiary/aromatic N) is 7. The Labute approximate surface area is 224 Å². The molecule has 3 aromatic heterocycles. The second-order valence-corrected chi connectivity index (χ2v) is 11.6. The van der Waals surface area contributed by atoms with Crippen molar-refractivity contribution in [1.82, 2.24) is 40.0 Å². The van der Waals surface area contributed by atoms with Crippen LogP contribution < -0.4 is 10.6 Å². The zero-order chi connectivity index (χ0) is 27.0. The maximum Gasteiger partial charge on any atom is 0.254 e. The van der Waals surface area contributed by atoms with Crippen LogP contribution in [0.3, 0.4) is 0 Å². The quantitative estimate of drug-likeness (QED) is 0.369. The number of rotatable bonds is 7. The third kappa shape index (κ3) is 5.18. The highest BCUT2D eigenvalue weighted by molar-refractivity contribution is 7.13. The maximum absolute atomic E-state index is 14.7. The topological polar surface area (TPSA) is 106 Å². The number of carbonyl (C=O) groups excluding carboxylic acids is 1. The summed E-state index contributed by atoms with van der Waals surface area (Å²) in [5, 5.41) is 26.0. The summed E-state index contributed by atoms with van der Waals surface area (Å²) in [6.07, 6.45) is 4.76. The zero-order valence-corrected chi connectivity index (χ0v) is 22.8. The molecule has 38 heavy (non-hydrogen) atoms. The molecule has 1 amide bonds. The van der Waals surface area contributed by atoms with Crippen molar-refractivity contribution in [2.24, 2.45) is 0 Å². The van der Waals surface area contributed by atoms with Gasteiger partial charge in [0.05, 0.1) is 41.3 Å². The fourth-order valence-corrected chi connectivity index (χ4v) is 5.21. The van der Waals surface area contributed by atoms with Crippen LogP contribution in [0, 0.1) is 0 Å². The molecule has 2 N–H and O–H groups in total. The van der Waals surface area contributed by atoms with Crippen molar-refractivity contribution < 1.29 is 9.18 Å². The summed E-state index contributed by atoms with van der Waals surface area (Å²) in [6, 6.07) is 5.53. The first-order chi connectivity index (χ1) is 18.1. The largest absolute Gasteiger partial charge is 0.377 e. The molecule has 0 saturated carbocycles. The summed E-state index contributed by atoms with van der Waals surface area (Å²) in [7, 11) is 1.93. The van der Waals surface area contributed by atoms with Gasteiger partial charge in [-0.05, 0) is 46.4 Å². The van der Waals surface area contributed by atoms with Crippen molar-refractivity contribution in [2.75, 3.05) is 25.5 Å². The molecule has 1 aliphatic rings. The molecule has 12 heteroatoms.